The number of nitrogens with zero attached hydrogens (tertiary/aromatic N) is 3. The molecule has 2 aromatic rings. The van der Waals surface area contributed by atoms with Crippen molar-refractivity contribution in [3.05, 3.63) is 53.4 Å². The lowest BCUT2D eigenvalue weighted by molar-refractivity contribution is -0.137. The third-order valence-corrected chi connectivity index (χ3v) is 5.35. The van der Waals surface area contributed by atoms with Crippen LogP contribution >= 0.6 is 0 Å². The lowest BCUT2D eigenvalue weighted by atomic mass is 10.0. The van der Waals surface area contributed by atoms with Crippen LogP contribution in [0.4, 0.5) is 24.7 Å². The van der Waals surface area contributed by atoms with E-state index >= 15 is 0 Å². The second-order valence-corrected chi connectivity index (χ2v) is 7.58. The van der Waals surface area contributed by atoms with E-state index in [-0.39, 0.29) is 5.56 Å². The van der Waals surface area contributed by atoms with Crippen LogP contribution in [-0.2, 0) is 6.18 Å². The van der Waals surface area contributed by atoms with Gasteiger partial charge in [-0.25, -0.2) is 4.98 Å². The minimum Gasteiger partial charge on any atom is -0.371 e. The topological polar surface area (TPSA) is 52.5 Å². The number of hydrogen-bond donors (Lipinski definition) is 2. The van der Waals surface area contributed by atoms with Crippen LogP contribution < -0.4 is 15.5 Å². The normalized spacial score (nSPS) is 17.1. The molecule has 30 heavy (non-hydrogen) atoms. The van der Waals surface area contributed by atoms with Crippen molar-refractivity contribution < 1.29 is 13.2 Å². The Balaban J connectivity index is 1.78. The summed E-state index contributed by atoms with van der Waals surface area (Å²) in [6.07, 6.45) is 0.465. The van der Waals surface area contributed by atoms with Crippen molar-refractivity contribution in [1.29, 1.82) is 0 Å². The number of pyridine rings is 1. The van der Waals surface area contributed by atoms with Crippen molar-refractivity contribution in [3.63, 3.8) is 0 Å². The summed E-state index contributed by atoms with van der Waals surface area (Å²) in [7, 11) is 0. The summed E-state index contributed by atoms with van der Waals surface area (Å²) in [5, 5.41) is 6.29. The maximum absolute atomic E-state index is 13.6. The number of piperidine rings is 1. The van der Waals surface area contributed by atoms with Crippen LogP contribution in [0.2, 0.25) is 0 Å². The largest absolute Gasteiger partial charge is 0.417 e. The molecule has 4 rings (SSSR count). The van der Waals surface area contributed by atoms with E-state index in [0.717, 1.165) is 49.1 Å². The maximum Gasteiger partial charge on any atom is 0.417 e. The van der Waals surface area contributed by atoms with E-state index in [4.69, 9.17) is 0 Å². The molecule has 2 aliphatic rings. The molecule has 1 fully saturated rings. The smallest absolute Gasteiger partial charge is 0.371 e. The van der Waals surface area contributed by atoms with E-state index < -0.39 is 11.7 Å². The summed E-state index contributed by atoms with van der Waals surface area (Å²) in [6.45, 7) is 4.28. The Labute approximate surface area is 173 Å². The fraction of sp³-hybridized carbons (Fsp3) is 0.364. The molecular formula is C22H24F3N5. The van der Waals surface area contributed by atoms with E-state index in [2.05, 4.69) is 25.5 Å². The standard InChI is InChI=1S/C22H24F3N5/c1-15-13-26-14-27-21(15)29-20-12-16(30-9-5-2-6-10-30)11-19(28-20)17-7-3-4-8-18(17)22(23,24)25/h3-4,7-8,11-12,14H,2,5-6,9-10,13H2,1H3,(H,26,27)(H,28,29). The number of halogens is 3. The SMILES string of the molecule is CC1=C(Nc2cc(N3CCCCC3)cc(-c3ccccc3C(F)(F)F)n2)NC=NC1. The number of anilines is 2. The molecule has 1 aromatic heterocycles. The van der Waals surface area contributed by atoms with Gasteiger partial charge >= 0.3 is 6.18 Å². The van der Waals surface area contributed by atoms with Gasteiger partial charge in [-0.15, -0.1) is 0 Å². The zero-order valence-corrected chi connectivity index (χ0v) is 16.8. The molecule has 5 nitrogen and oxygen atoms in total. The van der Waals surface area contributed by atoms with Gasteiger partial charge < -0.3 is 15.5 Å². The van der Waals surface area contributed by atoms with Gasteiger partial charge in [0.25, 0.3) is 0 Å². The third-order valence-electron chi connectivity index (χ3n) is 5.35. The molecule has 2 N–H and O–H groups in total. The molecule has 0 saturated carbocycles. The molecule has 0 bridgehead atoms. The van der Waals surface area contributed by atoms with Crippen molar-refractivity contribution in [2.45, 2.75) is 32.4 Å². The average molecular weight is 415 g/mol. The minimum atomic E-state index is -4.45. The molecule has 0 spiro atoms. The number of alkyl halides is 3. The summed E-state index contributed by atoms with van der Waals surface area (Å²) in [5.41, 5.74) is 1.58. The molecule has 0 atom stereocenters. The van der Waals surface area contributed by atoms with Crippen molar-refractivity contribution in [2.24, 2.45) is 4.99 Å². The molecule has 2 aliphatic heterocycles. The number of aromatic nitrogens is 1. The van der Waals surface area contributed by atoms with Gasteiger partial charge in [-0.2, -0.15) is 13.2 Å². The Bertz CT molecular complexity index is 975. The van der Waals surface area contributed by atoms with Crippen LogP contribution in [0.1, 0.15) is 31.7 Å². The fourth-order valence-corrected chi connectivity index (χ4v) is 3.77. The number of aliphatic imine (C=N–C) groups is 1. The number of rotatable bonds is 4. The lowest BCUT2D eigenvalue weighted by Crippen LogP contribution is -2.30. The number of nitrogens with one attached hydrogen (secondary N) is 2. The van der Waals surface area contributed by atoms with Crippen LogP contribution in [0.15, 0.2) is 52.8 Å². The number of benzene rings is 1. The van der Waals surface area contributed by atoms with Gasteiger partial charge in [-0.1, -0.05) is 18.2 Å². The number of hydrogen-bond acceptors (Lipinski definition) is 5. The highest BCUT2D eigenvalue weighted by Gasteiger charge is 2.34. The Kier molecular flexibility index (Phi) is 5.65. The zero-order chi connectivity index (χ0) is 21.1. The van der Waals surface area contributed by atoms with E-state index in [1.54, 1.807) is 18.5 Å². The quantitative estimate of drug-likeness (QED) is 0.735. The summed E-state index contributed by atoms with van der Waals surface area (Å²) < 4.78 is 40.9. The Hall–Kier alpha value is -3.03. The molecule has 0 unspecified atom stereocenters. The van der Waals surface area contributed by atoms with Crippen molar-refractivity contribution in [1.82, 2.24) is 10.3 Å². The molecule has 0 amide bonds. The van der Waals surface area contributed by atoms with Crippen LogP contribution in [-0.4, -0.2) is 31.0 Å². The second kappa shape index (κ2) is 8.38. The van der Waals surface area contributed by atoms with E-state index in [1.165, 1.54) is 18.6 Å². The van der Waals surface area contributed by atoms with Crippen molar-refractivity contribution in [3.8, 4) is 11.3 Å². The van der Waals surface area contributed by atoms with Gasteiger partial charge in [-0.3, -0.25) is 4.99 Å². The van der Waals surface area contributed by atoms with Gasteiger partial charge in [0, 0.05) is 30.4 Å². The van der Waals surface area contributed by atoms with Crippen molar-refractivity contribution in [2.75, 3.05) is 29.9 Å². The second-order valence-electron chi connectivity index (χ2n) is 7.58. The Morgan fingerprint density at radius 2 is 1.83 bits per heavy atom. The first kappa shape index (κ1) is 20.3. The average Bonchev–Trinajstić information content (AvgIpc) is 2.75. The third kappa shape index (κ3) is 4.42. The van der Waals surface area contributed by atoms with Gasteiger partial charge in [0.15, 0.2) is 0 Å². The summed E-state index contributed by atoms with van der Waals surface area (Å²) >= 11 is 0. The summed E-state index contributed by atoms with van der Waals surface area (Å²) in [5.74, 6) is 1.26. The van der Waals surface area contributed by atoms with Crippen LogP contribution in [0.5, 0.6) is 0 Å². The molecule has 158 valence electrons. The molecular weight excluding hydrogens is 391 g/mol. The van der Waals surface area contributed by atoms with Crippen molar-refractivity contribution >= 4 is 17.8 Å². The van der Waals surface area contributed by atoms with Gasteiger partial charge in [0.1, 0.15) is 11.6 Å². The zero-order valence-electron chi connectivity index (χ0n) is 16.8. The molecule has 0 radical (unpaired) electrons. The minimum absolute atomic E-state index is 0.0794. The molecule has 0 aliphatic carbocycles. The van der Waals surface area contributed by atoms with E-state index in [0.29, 0.717) is 18.1 Å². The van der Waals surface area contributed by atoms with Gasteiger partial charge in [0.05, 0.1) is 24.1 Å². The van der Waals surface area contributed by atoms with Crippen LogP contribution in [0.3, 0.4) is 0 Å². The van der Waals surface area contributed by atoms with E-state index in [9.17, 15) is 13.2 Å². The Morgan fingerprint density at radius 1 is 1.07 bits per heavy atom. The highest BCUT2D eigenvalue weighted by atomic mass is 19.4. The first-order valence-electron chi connectivity index (χ1n) is 10.1. The highest BCUT2D eigenvalue weighted by Crippen LogP contribution is 2.38. The monoisotopic (exact) mass is 415 g/mol. The van der Waals surface area contributed by atoms with Gasteiger partial charge in [0.2, 0.25) is 0 Å². The summed E-state index contributed by atoms with van der Waals surface area (Å²) in [4.78, 5) is 10.9. The highest BCUT2D eigenvalue weighted by molar-refractivity contribution is 5.72. The molecule has 1 aromatic carbocycles. The first-order chi connectivity index (χ1) is 14.4. The van der Waals surface area contributed by atoms with Crippen LogP contribution in [0, 0.1) is 0 Å². The molecule has 3 heterocycles. The lowest BCUT2D eigenvalue weighted by Gasteiger charge is -2.30. The molecule has 1 saturated heterocycles. The predicted octanol–water partition coefficient (Wildman–Crippen LogP) is 5.03. The summed E-state index contributed by atoms with van der Waals surface area (Å²) in [6, 6.07) is 9.25. The Morgan fingerprint density at radius 3 is 2.57 bits per heavy atom. The fourth-order valence-electron chi connectivity index (χ4n) is 3.77. The van der Waals surface area contributed by atoms with Crippen LogP contribution in [0.25, 0.3) is 11.3 Å². The first-order valence-corrected chi connectivity index (χ1v) is 10.1. The van der Waals surface area contributed by atoms with Gasteiger partial charge in [-0.05, 0) is 43.9 Å². The predicted molar refractivity (Wildman–Crippen MR) is 114 cm³/mol. The molecule has 8 heteroatoms. The van der Waals surface area contributed by atoms with E-state index in [1.807, 2.05) is 13.0 Å². The maximum atomic E-state index is 13.6.